The molecule has 0 aliphatic heterocycles. The third-order valence-corrected chi connectivity index (χ3v) is 3.27. The number of nitrogens with zero attached hydrogens (tertiary/aromatic N) is 1. The van der Waals surface area contributed by atoms with Crippen LogP contribution in [0.2, 0.25) is 0 Å². The van der Waals surface area contributed by atoms with E-state index in [1.807, 2.05) is 38.1 Å². The summed E-state index contributed by atoms with van der Waals surface area (Å²) in [4.78, 5) is 13.7. The molecule has 2 N–H and O–H groups in total. The minimum absolute atomic E-state index is 0.0455. The van der Waals surface area contributed by atoms with Gasteiger partial charge in [0.15, 0.2) is 0 Å². The summed E-state index contributed by atoms with van der Waals surface area (Å²) in [6, 6.07) is 7.20. The second-order valence-corrected chi connectivity index (χ2v) is 4.38. The molecule has 0 aromatic heterocycles. The fraction of sp³-hybridized carbons (Fsp3) is 0.500. The largest absolute Gasteiger partial charge is 0.496 e. The number of hydrogen-bond acceptors (Lipinski definition) is 3. The Kier molecular flexibility index (Phi) is 5.16. The van der Waals surface area contributed by atoms with Gasteiger partial charge in [0.25, 0.3) is 0 Å². The van der Waals surface area contributed by atoms with Crippen LogP contribution in [0.15, 0.2) is 24.3 Å². The van der Waals surface area contributed by atoms with Crippen molar-refractivity contribution in [1.29, 1.82) is 0 Å². The monoisotopic (exact) mass is 250 g/mol. The summed E-state index contributed by atoms with van der Waals surface area (Å²) in [5, 5.41) is 0. The van der Waals surface area contributed by atoms with E-state index in [0.29, 0.717) is 6.42 Å². The topological polar surface area (TPSA) is 55.6 Å². The van der Waals surface area contributed by atoms with Crippen LogP contribution in [0, 0.1) is 0 Å². The van der Waals surface area contributed by atoms with Crippen LogP contribution >= 0.6 is 0 Å². The standard InChI is InChI=1S/C14H22N2O2/c1-5-12(15)14(17)16(3)10(2)11-8-6-7-9-13(11)18-4/h6-10,12H,5,15H2,1-4H3/t10?,12-/m0/s1. The molecule has 0 saturated heterocycles. The summed E-state index contributed by atoms with van der Waals surface area (Å²) < 4.78 is 5.31. The Balaban J connectivity index is 2.92. The number of likely N-dealkylation sites (N-methyl/N-ethyl adjacent to an activating group) is 1. The molecule has 0 fully saturated rings. The Morgan fingerprint density at radius 2 is 2.06 bits per heavy atom. The molecule has 4 nitrogen and oxygen atoms in total. The van der Waals surface area contributed by atoms with Crippen molar-refractivity contribution >= 4 is 5.91 Å². The molecule has 1 unspecified atom stereocenters. The van der Waals surface area contributed by atoms with E-state index in [1.165, 1.54) is 0 Å². The van der Waals surface area contributed by atoms with Gasteiger partial charge in [0.2, 0.25) is 5.91 Å². The van der Waals surface area contributed by atoms with Crippen LogP contribution in [-0.2, 0) is 4.79 Å². The number of benzene rings is 1. The first-order valence-electron chi connectivity index (χ1n) is 6.18. The summed E-state index contributed by atoms with van der Waals surface area (Å²) in [6.07, 6.45) is 0.641. The lowest BCUT2D eigenvalue weighted by Gasteiger charge is -2.28. The van der Waals surface area contributed by atoms with Gasteiger partial charge in [-0.15, -0.1) is 0 Å². The maximum absolute atomic E-state index is 12.0. The Labute approximate surface area is 109 Å². The first-order valence-corrected chi connectivity index (χ1v) is 6.18. The molecule has 2 atom stereocenters. The number of methoxy groups -OCH3 is 1. The van der Waals surface area contributed by atoms with Crippen LogP contribution in [0.3, 0.4) is 0 Å². The third-order valence-electron chi connectivity index (χ3n) is 3.27. The van der Waals surface area contributed by atoms with Gasteiger partial charge < -0.3 is 15.4 Å². The van der Waals surface area contributed by atoms with Gasteiger partial charge >= 0.3 is 0 Å². The first-order chi connectivity index (χ1) is 8.52. The van der Waals surface area contributed by atoms with Crippen LogP contribution < -0.4 is 10.5 Å². The second-order valence-electron chi connectivity index (χ2n) is 4.38. The van der Waals surface area contributed by atoms with E-state index in [-0.39, 0.29) is 11.9 Å². The maximum atomic E-state index is 12.0. The molecule has 0 heterocycles. The van der Waals surface area contributed by atoms with E-state index >= 15 is 0 Å². The van der Waals surface area contributed by atoms with Gasteiger partial charge in [-0.05, 0) is 19.4 Å². The van der Waals surface area contributed by atoms with Crippen molar-refractivity contribution in [2.45, 2.75) is 32.4 Å². The number of amides is 1. The van der Waals surface area contributed by atoms with E-state index < -0.39 is 6.04 Å². The third kappa shape index (κ3) is 3.01. The molecule has 18 heavy (non-hydrogen) atoms. The average Bonchev–Trinajstić information content (AvgIpc) is 2.43. The zero-order valence-corrected chi connectivity index (χ0v) is 11.5. The quantitative estimate of drug-likeness (QED) is 0.869. The minimum Gasteiger partial charge on any atom is -0.496 e. The molecule has 4 heteroatoms. The van der Waals surface area contributed by atoms with Crippen molar-refractivity contribution in [3.63, 3.8) is 0 Å². The summed E-state index contributed by atoms with van der Waals surface area (Å²) in [5.74, 6) is 0.741. The molecule has 0 aliphatic rings. The van der Waals surface area contributed by atoms with Crippen LogP contribution in [0.25, 0.3) is 0 Å². The number of carbonyl (C=O) groups excluding carboxylic acids is 1. The lowest BCUT2D eigenvalue weighted by molar-refractivity contribution is -0.133. The van der Waals surface area contributed by atoms with Gasteiger partial charge in [-0.2, -0.15) is 0 Å². The lowest BCUT2D eigenvalue weighted by atomic mass is 10.0. The maximum Gasteiger partial charge on any atom is 0.239 e. The molecular weight excluding hydrogens is 228 g/mol. The predicted octanol–water partition coefficient (Wildman–Crippen LogP) is 1.95. The lowest BCUT2D eigenvalue weighted by Crippen LogP contribution is -2.42. The number of carbonyl (C=O) groups is 1. The van der Waals surface area contributed by atoms with Crippen molar-refractivity contribution < 1.29 is 9.53 Å². The van der Waals surface area contributed by atoms with Crippen molar-refractivity contribution in [3.05, 3.63) is 29.8 Å². The molecule has 0 aliphatic carbocycles. The summed E-state index contributed by atoms with van der Waals surface area (Å²) >= 11 is 0. The van der Waals surface area contributed by atoms with Gasteiger partial charge in [0.1, 0.15) is 5.75 Å². The fourth-order valence-electron chi connectivity index (χ4n) is 1.85. The highest BCUT2D eigenvalue weighted by Crippen LogP contribution is 2.28. The van der Waals surface area contributed by atoms with Gasteiger partial charge in [-0.3, -0.25) is 4.79 Å². The van der Waals surface area contributed by atoms with Crippen LogP contribution in [0.4, 0.5) is 0 Å². The molecule has 1 rings (SSSR count). The Bertz CT molecular complexity index is 407. The zero-order valence-electron chi connectivity index (χ0n) is 11.5. The normalized spacial score (nSPS) is 13.8. The van der Waals surface area contributed by atoms with E-state index in [4.69, 9.17) is 10.5 Å². The number of rotatable bonds is 5. The highest BCUT2D eigenvalue weighted by Gasteiger charge is 2.23. The van der Waals surface area contributed by atoms with Crippen molar-refractivity contribution in [2.24, 2.45) is 5.73 Å². The molecule has 1 aromatic carbocycles. The van der Waals surface area contributed by atoms with E-state index in [0.717, 1.165) is 11.3 Å². The second kappa shape index (κ2) is 6.40. The molecule has 0 saturated carbocycles. The molecule has 0 spiro atoms. The summed E-state index contributed by atoms with van der Waals surface area (Å²) in [7, 11) is 3.40. The summed E-state index contributed by atoms with van der Waals surface area (Å²) in [6.45, 7) is 3.88. The Morgan fingerprint density at radius 1 is 1.44 bits per heavy atom. The van der Waals surface area contributed by atoms with E-state index in [1.54, 1.807) is 19.1 Å². The molecule has 1 amide bonds. The SMILES string of the molecule is CC[C@H](N)C(=O)N(C)C(C)c1ccccc1OC. The Morgan fingerprint density at radius 3 is 2.61 bits per heavy atom. The number of hydrogen-bond donors (Lipinski definition) is 1. The van der Waals surface area contributed by atoms with Crippen LogP contribution in [-0.4, -0.2) is 31.0 Å². The molecular formula is C14H22N2O2. The average molecular weight is 250 g/mol. The zero-order chi connectivity index (χ0) is 13.7. The van der Waals surface area contributed by atoms with Gasteiger partial charge in [-0.1, -0.05) is 25.1 Å². The smallest absolute Gasteiger partial charge is 0.239 e. The van der Waals surface area contributed by atoms with Crippen molar-refractivity contribution in [3.8, 4) is 5.75 Å². The highest BCUT2D eigenvalue weighted by molar-refractivity contribution is 5.81. The van der Waals surface area contributed by atoms with Gasteiger partial charge in [0.05, 0.1) is 19.2 Å². The molecule has 100 valence electrons. The van der Waals surface area contributed by atoms with Crippen LogP contribution in [0.1, 0.15) is 31.9 Å². The fourth-order valence-corrected chi connectivity index (χ4v) is 1.85. The number of ether oxygens (including phenoxy) is 1. The Hall–Kier alpha value is -1.55. The van der Waals surface area contributed by atoms with E-state index in [2.05, 4.69) is 0 Å². The first kappa shape index (κ1) is 14.5. The van der Waals surface area contributed by atoms with Crippen molar-refractivity contribution in [2.75, 3.05) is 14.2 Å². The molecule has 1 aromatic rings. The minimum atomic E-state index is -0.438. The van der Waals surface area contributed by atoms with Gasteiger partial charge in [0, 0.05) is 12.6 Å². The number of nitrogens with two attached hydrogens (primary N) is 1. The predicted molar refractivity (Wildman–Crippen MR) is 72.4 cm³/mol. The molecule has 0 radical (unpaired) electrons. The summed E-state index contributed by atoms with van der Waals surface area (Å²) in [5.41, 5.74) is 6.77. The van der Waals surface area contributed by atoms with Gasteiger partial charge in [-0.25, -0.2) is 0 Å². The number of para-hydroxylation sites is 1. The van der Waals surface area contributed by atoms with Crippen molar-refractivity contribution in [1.82, 2.24) is 4.90 Å². The van der Waals surface area contributed by atoms with Crippen LogP contribution in [0.5, 0.6) is 5.75 Å². The molecule has 0 bridgehead atoms. The highest BCUT2D eigenvalue weighted by atomic mass is 16.5. The van der Waals surface area contributed by atoms with E-state index in [9.17, 15) is 4.79 Å².